The molecule has 5 heteroatoms. The fourth-order valence-electron chi connectivity index (χ4n) is 17.7. The molecule has 11 aromatic carbocycles. The van der Waals surface area contributed by atoms with E-state index in [4.69, 9.17) is 15.0 Å². The number of nitrogens with zero attached hydrogens (tertiary/aromatic N) is 3. The predicted octanol–water partition coefficient (Wildman–Crippen LogP) is 31.7. The number of halogens is 2. The Labute approximate surface area is 702 Å². The van der Waals surface area contributed by atoms with Crippen molar-refractivity contribution in [2.24, 2.45) is 0 Å². The lowest BCUT2D eigenvalue weighted by Crippen LogP contribution is -2.22. The first-order valence-corrected chi connectivity index (χ1v) is 42.4. The lowest BCUT2D eigenvalue weighted by molar-refractivity contribution is 0.352. The van der Waals surface area contributed by atoms with E-state index in [-0.39, 0.29) is 61.9 Å². The van der Waals surface area contributed by atoms with Gasteiger partial charge >= 0.3 is 0 Å². The smallest absolute Gasteiger partial charge is 0.123 e. The van der Waals surface area contributed by atoms with Crippen molar-refractivity contribution in [1.29, 1.82) is 0 Å². The number of aromatic nitrogens is 3. The first-order chi connectivity index (χ1) is 55.9. The van der Waals surface area contributed by atoms with E-state index in [2.05, 4.69) is 351 Å². The second-order valence-electron chi connectivity index (χ2n) is 39.7. The summed E-state index contributed by atoms with van der Waals surface area (Å²) in [7, 11) is 0. The molecule has 0 aliphatic heterocycles. The van der Waals surface area contributed by atoms with Crippen LogP contribution in [0.4, 0.5) is 8.78 Å². The molecule has 118 heavy (non-hydrogen) atoms. The second kappa shape index (κ2) is 31.9. The second-order valence-corrected chi connectivity index (χ2v) is 39.7. The minimum Gasteiger partial charge on any atom is -0.256 e. The van der Waals surface area contributed by atoms with Gasteiger partial charge in [0.25, 0.3) is 0 Å². The molecule has 3 nitrogen and oxygen atoms in total. The van der Waals surface area contributed by atoms with Gasteiger partial charge in [0.15, 0.2) is 0 Å². The molecule has 0 radical (unpaired) electrons. The molecule has 0 bridgehead atoms. The number of pyridine rings is 3. The lowest BCUT2D eigenvalue weighted by Gasteiger charge is -2.39. The van der Waals surface area contributed by atoms with E-state index in [0.29, 0.717) is 0 Å². The molecular weight excluding hydrogens is 1440 g/mol. The molecule has 14 aromatic rings. The van der Waals surface area contributed by atoms with Crippen molar-refractivity contribution in [3.05, 3.63) is 352 Å². The van der Waals surface area contributed by atoms with Crippen molar-refractivity contribution in [1.82, 2.24) is 15.0 Å². The highest BCUT2D eigenvalue weighted by molar-refractivity contribution is 5.92. The standard InChI is InChI=1S/C113H115F2N3/c1-70-57-105(117-68-103(70)75-31-46-89(114)47-32-75)77-36-51-96(99(62-77)73-27-40-84(41-28-73)109(6,7)8)101-65-86(111(12,13)14)44-53-92(101)81-59-80(91-23-21-22-24-94(91)95-50-35-79(107-67-88(55-56-116-107)113(18,19)20)64-98(95)72-25-38-83(39-26-72)108(3,4)5)60-82(61-81)93-54-45-87(112(15,16)17)66-102(93)97-52-37-78(63-100(97)74-29-42-85(43-30-74)110(9,10)11)106-58-71(2)104(69-118-106)76-33-48-90(115)49-34-76/h21-58,62-69,80-82H,59-61H2,1-20H3. The van der Waals surface area contributed by atoms with Gasteiger partial charge in [-0.25, -0.2) is 8.78 Å². The fourth-order valence-corrected chi connectivity index (χ4v) is 17.7. The van der Waals surface area contributed by atoms with Gasteiger partial charge in [-0.3, -0.25) is 15.0 Å². The summed E-state index contributed by atoms with van der Waals surface area (Å²) in [5.41, 5.74) is 37.2. The zero-order chi connectivity index (χ0) is 83.7. The largest absolute Gasteiger partial charge is 0.256 e. The average molecular weight is 1550 g/mol. The van der Waals surface area contributed by atoms with E-state index in [1.165, 1.54) is 119 Å². The molecule has 3 heterocycles. The molecule has 0 spiro atoms. The topological polar surface area (TPSA) is 38.7 Å². The van der Waals surface area contributed by atoms with Crippen LogP contribution in [-0.4, -0.2) is 15.0 Å². The van der Waals surface area contributed by atoms with Crippen LogP contribution in [0.25, 0.3) is 123 Å². The summed E-state index contributed by atoms with van der Waals surface area (Å²) in [5, 5.41) is 0. The van der Waals surface area contributed by atoms with Crippen LogP contribution in [0.2, 0.25) is 0 Å². The number of benzene rings is 11. The molecular formula is C113H115F2N3. The molecule has 2 atom stereocenters. The van der Waals surface area contributed by atoms with Crippen molar-refractivity contribution < 1.29 is 8.78 Å². The Morgan fingerprint density at radius 1 is 0.229 bits per heavy atom. The molecule has 1 fully saturated rings. The Kier molecular flexibility index (Phi) is 22.1. The van der Waals surface area contributed by atoms with Crippen molar-refractivity contribution in [3.63, 3.8) is 0 Å². The maximum Gasteiger partial charge on any atom is 0.123 e. The molecule has 0 saturated heterocycles. The number of hydrogen-bond donors (Lipinski definition) is 0. The van der Waals surface area contributed by atoms with Gasteiger partial charge in [-0.05, 0) is 289 Å². The van der Waals surface area contributed by atoms with Crippen LogP contribution in [0.5, 0.6) is 0 Å². The van der Waals surface area contributed by atoms with Gasteiger partial charge in [0.2, 0.25) is 0 Å². The van der Waals surface area contributed by atoms with Gasteiger partial charge < -0.3 is 0 Å². The Balaban J connectivity index is 0.956. The summed E-state index contributed by atoms with van der Waals surface area (Å²) in [6.07, 6.45) is 8.59. The third kappa shape index (κ3) is 17.4. The quantitative estimate of drug-likeness (QED) is 0.109. The van der Waals surface area contributed by atoms with Crippen molar-refractivity contribution >= 4 is 0 Å². The summed E-state index contributed by atoms with van der Waals surface area (Å²) in [4.78, 5) is 15.5. The minimum atomic E-state index is -0.260. The molecule has 0 N–H and O–H groups in total. The first-order valence-electron chi connectivity index (χ1n) is 42.4. The average Bonchev–Trinajstić information content (AvgIpc) is 0.749. The van der Waals surface area contributed by atoms with E-state index in [9.17, 15) is 8.78 Å². The summed E-state index contributed by atoms with van der Waals surface area (Å²) in [5.74, 6) is -0.290. The molecule has 0 amide bonds. The highest BCUT2D eigenvalue weighted by Gasteiger charge is 2.37. The zero-order valence-corrected chi connectivity index (χ0v) is 73.0. The van der Waals surface area contributed by atoms with Gasteiger partial charge in [-0.2, -0.15) is 0 Å². The van der Waals surface area contributed by atoms with Crippen LogP contribution in [0, 0.1) is 25.5 Å². The summed E-state index contributed by atoms with van der Waals surface area (Å²) < 4.78 is 28.7. The molecule has 1 saturated carbocycles. The monoisotopic (exact) mass is 1550 g/mol. The van der Waals surface area contributed by atoms with Crippen LogP contribution < -0.4 is 0 Å². The molecule has 3 aromatic heterocycles. The van der Waals surface area contributed by atoms with Gasteiger partial charge in [0.1, 0.15) is 11.6 Å². The maximum absolute atomic E-state index is 14.3. The van der Waals surface area contributed by atoms with E-state index in [1.54, 1.807) is 0 Å². The Bertz CT molecular complexity index is 5770. The molecule has 15 rings (SSSR count). The highest BCUT2D eigenvalue weighted by Crippen LogP contribution is 2.56. The van der Waals surface area contributed by atoms with E-state index in [0.717, 1.165) is 109 Å². The van der Waals surface area contributed by atoms with E-state index in [1.807, 2.05) is 42.9 Å². The minimum absolute atomic E-state index is 0.0258. The summed E-state index contributed by atoms with van der Waals surface area (Å²) in [6, 6.07) is 95.9. The molecule has 2 unspecified atom stereocenters. The zero-order valence-electron chi connectivity index (χ0n) is 73.0. The van der Waals surface area contributed by atoms with E-state index < -0.39 is 0 Å². The number of aryl methyl sites for hydroxylation is 2. The molecule has 1 aliphatic carbocycles. The van der Waals surface area contributed by atoms with Gasteiger partial charge in [-0.1, -0.05) is 319 Å². The van der Waals surface area contributed by atoms with E-state index >= 15 is 0 Å². The first kappa shape index (κ1) is 81.9. The maximum atomic E-state index is 14.3. The molecule has 596 valence electrons. The van der Waals surface area contributed by atoms with Crippen molar-refractivity contribution in [3.8, 4) is 123 Å². The Morgan fingerprint density at radius 3 is 0.847 bits per heavy atom. The Morgan fingerprint density at radius 2 is 0.508 bits per heavy atom. The number of rotatable bonds is 14. The Hall–Kier alpha value is -11.3. The van der Waals surface area contributed by atoms with Crippen molar-refractivity contribution in [2.45, 2.75) is 208 Å². The van der Waals surface area contributed by atoms with Crippen LogP contribution in [0.3, 0.4) is 0 Å². The third-order valence-corrected chi connectivity index (χ3v) is 25.0. The van der Waals surface area contributed by atoms with Crippen molar-refractivity contribution in [2.75, 3.05) is 0 Å². The predicted molar refractivity (Wildman–Crippen MR) is 496 cm³/mol. The van der Waals surface area contributed by atoms with Gasteiger partial charge in [0, 0.05) is 46.4 Å². The fraction of sp³-hybridized carbons (Fsp3) is 0.283. The lowest BCUT2D eigenvalue weighted by atomic mass is 9.65. The van der Waals surface area contributed by atoms with Crippen LogP contribution in [0.15, 0.2) is 279 Å². The van der Waals surface area contributed by atoms with Gasteiger partial charge in [-0.15, -0.1) is 0 Å². The normalized spacial score (nSPS) is 15.0. The van der Waals surface area contributed by atoms with Crippen LogP contribution in [-0.2, 0) is 32.5 Å². The van der Waals surface area contributed by atoms with Crippen LogP contribution in [0.1, 0.15) is 223 Å². The summed E-state index contributed by atoms with van der Waals surface area (Å²) in [6.45, 7) is 45.8. The number of hydrogen-bond acceptors (Lipinski definition) is 3. The van der Waals surface area contributed by atoms with Crippen LogP contribution >= 0.6 is 0 Å². The molecule has 1 aliphatic rings. The van der Waals surface area contributed by atoms with Gasteiger partial charge in [0.05, 0.1) is 17.1 Å². The SMILES string of the molecule is Cc1cc(-c2ccc(-c3cc(C(C)(C)C)ccc3C3CC(c4ccccc4-c4ccc(-c5cc(C(C)(C)C)ccn5)cc4-c4ccc(C(C)(C)C)cc4)CC(c4ccc(C(C)(C)C)cc4-c4ccc(-c5cc(C)c(-c6ccc(F)cc6)cn5)cc4-c4ccc(C(C)(C)C)cc4)C3)c(-c3ccc(C(C)(C)C)cc3)c2)ncc1-c1ccc(F)cc1. The highest BCUT2D eigenvalue weighted by atomic mass is 19.1. The third-order valence-electron chi connectivity index (χ3n) is 25.0. The summed E-state index contributed by atoms with van der Waals surface area (Å²) >= 11 is 0.